The predicted octanol–water partition coefficient (Wildman–Crippen LogP) is 0.280. The van der Waals surface area contributed by atoms with E-state index < -0.39 is 0 Å². The second kappa shape index (κ2) is 5.98. The first-order chi connectivity index (χ1) is 6.77. The lowest BCUT2D eigenvalue weighted by Crippen LogP contribution is -2.46. The van der Waals surface area contributed by atoms with E-state index in [4.69, 9.17) is 4.74 Å². The van der Waals surface area contributed by atoms with Crippen LogP contribution in [0.25, 0.3) is 0 Å². The van der Waals surface area contributed by atoms with Crippen molar-refractivity contribution in [2.75, 3.05) is 20.3 Å². The molecule has 1 aliphatic rings. The summed E-state index contributed by atoms with van der Waals surface area (Å²) in [7, 11) is 1.66. The molecule has 0 aromatic rings. The number of hydrogen-bond donors (Lipinski definition) is 2. The molecule has 1 heterocycles. The van der Waals surface area contributed by atoms with Gasteiger partial charge < -0.3 is 15.4 Å². The van der Waals surface area contributed by atoms with E-state index in [1.165, 1.54) is 0 Å². The number of hydrogen-bond acceptors (Lipinski definition) is 3. The van der Waals surface area contributed by atoms with E-state index in [1.807, 2.05) is 6.92 Å². The van der Waals surface area contributed by atoms with Gasteiger partial charge in [0.1, 0.15) is 0 Å². The summed E-state index contributed by atoms with van der Waals surface area (Å²) < 4.78 is 5.02. The first kappa shape index (κ1) is 11.5. The highest BCUT2D eigenvalue weighted by atomic mass is 16.5. The van der Waals surface area contributed by atoms with Gasteiger partial charge in [-0.3, -0.25) is 4.79 Å². The molecule has 1 aliphatic heterocycles. The Morgan fingerprint density at radius 3 is 3.00 bits per heavy atom. The molecule has 1 rings (SSSR count). The third-order valence-electron chi connectivity index (χ3n) is 2.58. The van der Waals surface area contributed by atoms with Crippen molar-refractivity contribution >= 4 is 5.91 Å². The average molecular weight is 200 g/mol. The smallest absolute Gasteiger partial charge is 0.237 e. The minimum absolute atomic E-state index is 0.0147. The molecule has 82 valence electrons. The number of nitrogens with one attached hydrogen (secondary N) is 2. The zero-order valence-electron chi connectivity index (χ0n) is 9.01. The Bertz CT molecular complexity index is 179. The Kier molecular flexibility index (Phi) is 4.90. The first-order valence-corrected chi connectivity index (χ1v) is 5.30. The molecule has 0 radical (unpaired) electrons. The van der Waals surface area contributed by atoms with Gasteiger partial charge in [0.15, 0.2) is 0 Å². The Labute approximate surface area is 85.4 Å². The summed E-state index contributed by atoms with van der Waals surface area (Å²) in [6.45, 7) is 3.60. The van der Waals surface area contributed by atoms with Gasteiger partial charge >= 0.3 is 0 Å². The molecular weight excluding hydrogens is 180 g/mol. The van der Waals surface area contributed by atoms with Crippen LogP contribution in [0.15, 0.2) is 0 Å². The van der Waals surface area contributed by atoms with E-state index in [-0.39, 0.29) is 18.0 Å². The summed E-state index contributed by atoms with van der Waals surface area (Å²) in [5.74, 6) is 0.117. The van der Waals surface area contributed by atoms with Crippen LogP contribution in [0.4, 0.5) is 0 Å². The van der Waals surface area contributed by atoms with Crippen LogP contribution in [-0.4, -0.2) is 38.3 Å². The van der Waals surface area contributed by atoms with Gasteiger partial charge in [0.2, 0.25) is 5.91 Å². The average Bonchev–Trinajstić information content (AvgIpc) is 2.69. The lowest BCUT2D eigenvalue weighted by molar-refractivity contribution is -0.123. The van der Waals surface area contributed by atoms with Crippen LogP contribution >= 0.6 is 0 Å². The molecule has 2 unspecified atom stereocenters. The number of rotatable bonds is 5. The van der Waals surface area contributed by atoms with Gasteiger partial charge in [-0.05, 0) is 25.8 Å². The van der Waals surface area contributed by atoms with E-state index in [9.17, 15) is 4.79 Å². The van der Waals surface area contributed by atoms with Gasteiger partial charge in [0.25, 0.3) is 0 Å². The van der Waals surface area contributed by atoms with Crippen molar-refractivity contribution in [3.8, 4) is 0 Å². The number of ether oxygens (including phenoxy) is 1. The monoisotopic (exact) mass is 200 g/mol. The molecule has 4 heteroatoms. The van der Waals surface area contributed by atoms with Gasteiger partial charge in [-0.2, -0.15) is 0 Å². The van der Waals surface area contributed by atoms with Crippen LogP contribution < -0.4 is 10.6 Å². The van der Waals surface area contributed by atoms with E-state index in [0.717, 1.165) is 25.8 Å². The highest BCUT2D eigenvalue weighted by Crippen LogP contribution is 2.05. The van der Waals surface area contributed by atoms with Crippen LogP contribution in [-0.2, 0) is 9.53 Å². The summed E-state index contributed by atoms with van der Waals surface area (Å²) in [5.41, 5.74) is 0. The molecule has 0 aromatic heterocycles. The van der Waals surface area contributed by atoms with Gasteiger partial charge in [-0.1, -0.05) is 6.92 Å². The molecule has 1 saturated heterocycles. The quantitative estimate of drug-likeness (QED) is 0.670. The lowest BCUT2D eigenvalue weighted by atomic mass is 10.2. The minimum atomic E-state index is 0.0147. The van der Waals surface area contributed by atoms with Crippen LogP contribution in [0, 0.1) is 0 Å². The fourth-order valence-electron chi connectivity index (χ4n) is 1.67. The third-order valence-corrected chi connectivity index (χ3v) is 2.58. The summed E-state index contributed by atoms with van der Waals surface area (Å²) in [6.07, 6.45) is 2.96. The number of carbonyl (C=O) groups is 1. The minimum Gasteiger partial charge on any atom is -0.383 e. The van der Waals surface area contributed by atoms with Crippen LogP contribution in [0.5, 0.6) is 0 Å². The lowest BCUT2D eigenvalue weighted by Gasteiger charge is -2.18. The van der Waals surface area contributed by atoms with E-state index in [1.54, 1.807) is 7.11 Å². The van der Waals surface area contributed by atoms with Gasteiger partial charge in [0, 0.05) is 7.11 Å². The maximum atomic E-state index is 11.7. The Morgan fingerprint density at radius 2 is 2.50 bits per heavy atom. The van der Waals surface area contributed by atoms with Gasteiger partial charge in [0.05, 0.1) is 18.7 Å². The second-order valence-electron chi connectivity index (χ2n) is 3.72. The topological polar surface area (TPSA) is 50.4 Å². The predicted molar refractivity (Wildman–Crippen MR) is 55.1 cm³/mol. The fourth-order valence-corrected chi connectivity index (χ4v) is 1.67. The SMILES string of the molecule is CCC(COC)NC(=O)C1CCCN1. The number of carbonyl (C=O) groups excluding carboxylic acids is 1. The third kappa shape index (κ3) is 3.27. The summed E-state index contributed by atoms with van der Waals surface area (Å²) in [5, 5.41) is 6.16. The molecule has 14 heavy (non-hydrogen) atoms. The normalized spacial score (nSPS) is 23.4. The Balaban J connectivity index is 2.29. The Hall–Kier alpha value is -0.610. The summed E-state index contributed by atoms with van der Waals surface area (Å²) in [6, 6.07) is 0.163. The molecule has 0 aliphatic carbocycles. The van der Waals surface area contributed by atoms with Crippen molar-refractivity contribution in [2.45, 2.75) is 38.3 Å². The van der Waals surface area contributed by atoms with Crippen LogP contribution in [0.2, 0.25) is 0 Å². The number of amides is 1. The van der Waals surface area contributed by atoms with E-state index in [2.05, 4.69) is 10.6 Å². The van der Waals surface area contributed by atoms with E-state index in [0.29, 0.717) is 6.61 Å². The largest absolute Gasteiger partial charge is 0.383 e. The molecule has 1 fully saturated rings. The van der Waals surface area contributed by atoms with E-state index >= 15 is 0 Å². The van der Waals surface area contributed by atoms with Crippen molar-refractivity contribution in [1.29, 1.82) is 0 Å². The highest BCUT2D eigenvalue weighted by molar-refractivity contribution is 5.82. The highest BCUT2D eigenvalue weighted by Gasteiger charge is 2.23. The Morgan fingerprint density at radius 1 is 1.71 bits per heavy atom. The fraction of sp³-hybridized carbons (Fsp3) is 0.900. The van der Waals surface area contributed by atoms with Gasteiger partial charge in [-0.15, -0.1) is 0 Å². The van der Waals surface area contributed by atoms with Crippen molar-refractivity contribution in [3.63, 3.8) is 0 Å². The molecule has 0 saturated carbocycles. The van der Waals surface area contributed by atoms with Crippen molar-refractivity contribution in [1.82, 2.24) is 10.6 Å². The van der Waals surface area contributed by atoms with Crippen LogP contribution in [0.1, 0.15) is 26.2 Å². The molecule has 0 aromatic carbocycles. The second-order valence-corrected chi connectivity index (χ2v) is 3.72. The molecule has 4 nitrogen and oxygen atoms in total. The molecule has 0 spiro atoms. The van der Waals surface area contributed by atoms with Gasteiger partial charge in [-0.25, -0.2) is 0 Å². The molecule has 1 amide bonds. The first-order valence-electron chi connectivity index (χ1n) is 5.30. The maximum absolute atomic E-state index is 11.7. The van der Waals surface area contributed by atoms with Crippen molar-refractivity contribution in [2.24, 2.45) is 0 Å². The summed E-state index contributed by atoms with van der Waals surface area (Å²) >= 11 is 0. The van der Waals surface area contributed by atoms with Crippen molar-refractivity contribution in [3.05, 3.63) is 0 Å². The molecule has 2 atom stereocenters. The molecular formula is C10H20N2O2. The zero-order valence-corrected chi connectivity index (χ0v) is 9.01. The van der Waals surface area contributed by atoms with Crippen molar-refractivity contribution < 1.29 is 9.53 Å². The zero-order chi connectivity index (χ0) is 10.4. The maximum Gasteiger partial charge on any atom is 0.237 e. The molecule has 2 N–H and O–H groups in total. The van der Waals surface area contributed by atoms with Crippen LogP contribution in [0.3, 0.4) is 0 Å². The molecule has 0 bridgehead atoms. The standard InChI is InChI=1S/C10H20N2O2/c1-3-8(7-14-2)12-10(13)9-5-4-6-11-9/h8-9,11H,3-7H2,1-2H3,(H,12,13). The summed E-state index contributed by atoms with van der Waals surface area (Å²) in [4.78, 5) is 11.7. The number of methoxy groups -OCH3 is 1.